The van der Waals surface area contributed by atoms with Crippen molar-refractivity contribution in [3.8, 4) is 0 Å². The molecule has 0 saturated carbocycles. The van der Waals surface area contributed by atoms with E-state index in [4.69, 9.17) is 5.11 Å². The van der Waals surface area contributed by atoms with E-state index in [2.05, 4.69) is 5.32 Å². The second-order valence-corrected chi connectivity index (χ2v) is 1.14. The molecule has 3 nitrogen and oxygen atoms in total. The molecule has 1 amide bonds. The second-order valence-electron chi connectivity index (χ2n) is 1.14. The summed E-state index contributed by atoms with van der Waals surface area (Å²) in [6.45, 7) is 2.32. The number of rotatable bonds is 2. The first-order valence-electron chi connectivity index (χ1n) is 2.20. The molecule has 2 N–H and O–H groups in total. The van der Waals surface area contributed by atoms with Gasteiger partial charge >= 0.3 is 0 Å². The van der Waals surface area contributed by atoms with Gasteiger partial charge in [-0.1, -0.05) is 6.08 Å². The van der Waals surface area contributed by atoms with Crippen LogP contribution in [-0.4, -0.2) is 11.0 Å². The third kappa shape index (κ3) is 3.36. The predicted molar refractivity (Wildman–Crippen MR) is 29.2 cm³/mol. The maximum absolute atomic E-state index is 10.3. The lowest BCUT2D eigenvalue weighted by molar-refractivity contribution is -0.116. The van der Waals surface area contributed by atoms with Gasteiger partial charge in [0.2, 0.25) is 5.91 Å². The maximum Gasteiger partial charge on any atom is 0.245 e. The van der Waals surface area contributed by atoms with E-state index in [1.165, 1.54) is 6.08 Å². The largest absolute Gasteiger partial charge is 0.369 e. The van der Waals surface area contributed by atoms with Crippen molar-refractivity contribution in [2.45, 2.75) is 6.92 Å². The Bertz CT molecular complexity index is 98.6. The van der Waals surface area contributed by atoms with E-state index in [-0.39, 0.29) is 5.91 Å². The first kappa shape index (κ1) is 7.17. The van der Waals surface area contributed by atoms with Crippen molar-refractivity contribution in [3.63, 3.8) is 0 Å². The monoisotopic (exact) mass is 114 g/mol. The van der Waals surface area contributed by atoms with Crippen LogP contribution in [0.15, 0.2) is 12.2 Å². The topological polar surface area (TPSA) is 49.3 Å². The Labute approximate surface area is 48.0 Å². The fourth-order valence-electron chi connectivity index (χ4n) is 0.263. The van der Waals surface area contributed by atoms with Crippen molar-refractivity contribution < 1.29 is 9.90 Å². The molecule has 0 aliphatic heterocycles. The molecule has 0 aromatic carbocycles. The molecule has 45 valence electrons. The molecule has 0 bridgehead atoms. The molecular formula is C5H8NO2. The number of amides is 1. The van der Waals surface area contributed by atoms with Crippen LogP contribution in [0.3, 0.4) is 0 Å². The van der Waals surface area contributed by atoms with E-state index in [9.17, 15) is 4.79 Å². The highest BCUT2D eigenvalue weighted by atomic mass is 16.3. The molecule has 0 heterocycles. The third-order valence-corrected chi connectivity index (χ3v) is 0.525. The van der Waals surface area contributed by atoms with Gasteiger partial charge in [-0.2, -0.15) is 0 Å². The maximum atomic E-state index is 10.3. The number of carbonyl (C=O) groups is 1. The number of hydrogen-bond donors (Lipinski definition) is 2. The van der Waals surface area contributed by atoms with Crippen LogP contribution in [0.4, 0.5) is 0 Å². The van der Waals surface area contributed by atoms with E-state index in [0.29, 0.717) is 6.73 Å². The van der Waals surface area contributed by atoms with Crippen molar-refractivity contribution in [3.05, 3.63) is 18.9 Å². The minimum absolute atomic E-state index is 0.324. The normalized spacial score (nSPS) is 9.75. The van der Waals surface area contributed by atoms with Crippen molar-refractivity contribution >= 4 is 5.91 Å². The molecule has 0 atom stereocenters. The SMILES string of the molecule is C/C=C/C(=O)N[CH]O. The van der Waals surface area contributed by atoms with E-state index >= 15 is 0 Å². The van der Waals surface area contributed by atoms with Crippen molar-refractivity contribution in [1.29, 1.82) is 0 Å². The van der Waals surface area contributed by atoms with E-state index in [1.807, 2.05) is 0 Å². The van der Waals surface area contributed by atoms with Crippen LogP contribution < -0.4 is 5.32 Å². The smallest absolute Gasteiger partial charge is 0.245 e. The van der Waals surface area contributed by atoms with E-state index in [0.717, 1.165) is 0 Å². The summed E-state index contributed by atoms with van der Waals surface area (Å²) in [7, 11) is 0. The number of allylic oxidation sites excluding steroid dienone is 1. The Morgan fingerprint density at radius 3 is 2.75 bits per heavy atom. The minimum Gasteiger partial charge on any atom is -0.369 e. The van der Waals surface area contributed by atoms with E-state index < -0.39 is 0 Å². The van der Waals surface area contributed by atoms with Crippen molar-refractivity contribution in [2.75, 3.05) is 0 Å². The quantitative estimate of drug-likeness (QED) is 0.503. The molecular weight excluding hydrogens is 106 g/mol. The molecule has 0 saturated heterocycles. The summed E-state index contributed by atoms with van der Waals surface area (Å²) in [6.07, 6.45) is 2.89. The highest BCUT2D eigenvalue weighted by Gasteiger charge is 1.87. The van der Waals surface area contributed by atoms with E-state index in [1.54, 1.807) is 13.0 Å². The summed E-state index contributed by atoms with van der Waals surface area (Å²) >= 11 is 0. The molecule has 0 aliphatic carbocycles. The number of nitrogens with one attached hydrogen (secondary N) is 1. The molecule has 0 aromatic rings. The lowest BCUT2D eigenvalue weighted by Gasteiger charge is -1.89. The van der Waals surface area contributed by atoms with Gasteiger partial charge < -0.3 is 10.4 Å². The average Bonchev–Trinajstić information content (AvgIpc) is 1.68. The molecule has 0 fully saturated rings. The van der Waals surface area contributed by atoms with Gasteiger partial charge in [-0.3, -0.25) is 4.79 Å². The Hall–Kier alpha value is -0.830. The summed E-state index contributed by atoms with van der Waals surface area (Å²) in [5, 5.41) is 10.0. The van der Waals surface area contributed by atoms with Gasteiger partial charge in [-0.15, -0.1) is 0 Å². The standard InChI is InChI=1S/C5H8NO2/c1-2-3-5(8)6-4-7/h2-4,7H,1H3,(H,6,8)/b3-2+. The predicted octanol–water partition coefficient (Wildman–Crippen LogP) is 0.170. The van der Waals surface area contributed by atoms with Gasteiger partial charge in [0.1, 0.15) is 0 Å². The van der Waals surface area contributed by atoms with Gasteiger partial charge in [0.25, 0.3) is 0 Å². The molecule has 1 radical (unpaired) electrons. The lowest BCUT2D eigenvalue weighted by atomic mass is 10.5. The fourth-order valence-corrected chi connectivity index (χ4v) is 0.263. The lowest BCUT2D eigenvalue weighted by Crippen LogP contribution is -2.16. The first-order chi connectivity index (χ1) is 3.81. The summed E-state index contributed by atoms with van der Waals surface area (Å²) < 4.78 is 0. The number of aliphatic hydroxyl groups excluding tert-OH is 1. The molecule has 0 aromatic heterocycles. The van der Waals surface area contributed by atoms with Crippen LogP contribution in [0.5, 0.6) is 0 Å². The summed E-state index contributed by atoms with van der Waals surface area (Å²) in [6, 6.07) is 0. The zero-order valence-corrected chi connectivity index (χ0v) is 4.59. The van der Waals surface area contributed by atoms with Crippen molar-refractivity contribution in [2.24, 2.45) is 0 Å². The zero-order valence-electron chi connectivity index (χ0n) is 4.59. The average molecular weight is 114 g/mol. The Morgan fingerprint density at radius 1 is 1.75 bits per heavy atom. The molecule has 0 rings (SSSR count). The van der Waals surface area contributed by atoms with Crippen LogP contribution in [0.25, 0.3) is 0 Å². The van der Waals surface area contributed by atoms with Crippen LogP contribution in [-0.2, 0) is 4.79 Å². The molecule has 3 heteroatoms. The number of aliphatic hydroxyl groups is 1. The minimum atomic E-state index is -0.324. The van der Waals surface area contributed by atoms with Gasteiger partial charge in [0, 0.05) is 0 Å². The van der Waals surface area contributed by atoms with Crippen LogP contribution in [0.1, 0.15) is 6.92 Å². The Morgan fingerprint density at radius 2 is 2.38 bits per heavy atom. The summed E-state index contributed by atoms with van der Waals surface area (Å²) in [5.74, 6) is -0.324. The Balaban J connectivity index is 3.33. The van der Waals surface area contributed by atoms with Crippen LogP contribution in [0, 0.1) is 6.73 Å². The molecule has 0 aliphatic rings. The fraction of sp³-hybridized carbons (Fsp3) is 0.200. The van der Waals surface area contributed by atoms with Crippen molar-refractivity contribution in [1.82, 2.24) is 5.32 Å². The zero-order chi connectivity index (χ0) is 6.41. The highest BCUT2D eigenvalue weighted by molar-refractivity contribution is 5.87. The highest BCUT2D eigenvalue weighted by Crippen LogP contribution is 1.69. The number of carbonyl (C=O) groups excluding carboxylic acids is 1. The number of hydrogen-bond acceptors (Lipinski definition) is 2. The third-order valence-electron chi connectivity index (χ3n) is 0.525. The Kier molecular flexibility index (Phi) is 3.88. The van der Waals surface area contributed by atoms with Gasteiger partial charge in [-0.25, -0.2) is 0 Å². The first-order valence-corrected chi connectivity index (χ1v) is 2.20. The molecule has 8 heavy (non-hydrogen) atoms. The molecule has 0 spiro atoms. The van der Waals surface area contributed by atoms with Gasteiger partial charge in [0.15, 0.2) is 6.73 Å². The summed E-state index contributed by atoms with van der Waals surface area (Å²) in [4.78, 5) is 10.3. The second kappa shape index (κ2) is 4.33. The molecule has 0 unspecified atom stereocenters. The van der Waals surface area contributed by atoms with Gasteiger partial charge in [0.05, 0.1) is 0 Å². The van der Waals surface area contributed by atoms with Gasteiger partial charge in [-0.05, 0) is 13.0 Å². The van der Waals surface area contributed by atoms with Crippen LogP contribution in [0.2, 0.25) is 0 Å². The summed E-state index contributed by atoms with van der Waals surface area (Å²) in [5.41, 5.74) is 0. The van der Waals surface area contributed by atoms with Crippen LogP contribution >= 0.6 is 0 Å².